The van der Waals surface area contributed by atoms with E-state index in [1.165, 1.54) is 0 Å². The number of nitrogens with zero attached hydrogens (tertiary/aromatic N) is 2. The first-order valence-corrected chi connectivity index (χ1v) is 7.74. The van der Waals surface area contributed by atoms with Crippen molar-refractivity contribution in [3.05, 3.63) is 84.0 Å². The lowest BCUT2D eigenvalue weighted by molar-refractivity contribution is 1.18. The number of anilines is 2. The van der Waals surface area contributed by atoms with E-state index in [1.54, 1.807) is 0 Å². The lowest BCUT2D eigenvalue weighted by Crippen LogP contribution is -1.96. The number of aromatic nitrogens is 2. The van der Waals surface area contributed by atoms with Crippen molar-refractivity contribution in [2.45, 2.75) is 0 Å². The van der Waals surface area contributed by atoms with Crippen molar-refractivity contribution in [2.24, 2.45) is 0 Å². The summed E-state index contributed by atoms with van der Waals surface area (Å²) in [6.07, 6.45) is 2.00. The fourth-order valence-corrected chi connectivity index (χ4v) is 2.80. The number of halogens is 1. The van der Waals surface area contributed by atoms with Crippen LogP contribution in [0.3, 0.4) is 0 Å². The molecule has 0 aliphatic carbocycles. The summed E-state index contributed by atoms with van der Waals surface area (Å²) in [4.78, 5) is 4.76. The van der Waals surface area contributed by atoms with Crippen LogP contribution in [0.2, 0.25) is 5.02 Å². The molecule has 4 aromatic rings. The molecule has 0 aliphatic heterocycles. The molecular formula is C19H14ClN3. The first-order valence-electron chi connectivity index (χ1n) is 7.36. The van der Waals surface area contributed by atoms with Crippen molar-refractivity contribution in [3.63, 3.8) is 0 Å². The number of imidazole rings is 1. The Morgan fingerprint density at radius 3 is 2.52 bits per heavy atom. The average molecular weight is 320 g/mol. The zero-order valence-corrected chi connectivity index (χ0v) is 13.0. The average Bonchev–Trinajstić information content (AvgIpc) is 2.95. The first-order chi connectivity index (χ1) is 11.3. The van der Waals surface area contributed by atoms with E-state index in [0.717, 1.165) is 28.4 Å². The molecule has 0 atom stereocenters. The van der Waals surface area contributed by atoms with Crippen LogP contribution < -0.4 is 5.32 Å². The smallest absolute Gasteiger partial charge is 0.143 e. The zero-order valence-electron chi connectivity index (χ0n) is 12.3. The number of para-hydroxylation sites is 1. The van der Waals surface area contributed by atoms with Gasteiger partial charge in [-0.25, -0.2) is 4.98 Å². The monoisotopic (exact) mass is 319 g/mol. The molecule has 4 heteroatoms. The van der Waals surface area contributed by atoms with Gasteiger partial charge in [0, 0.05) is 22.5 Å². The molecule has 0 saturated heterocycles. The Kier molecular flexibility index (Phi) is 3.48. The molecule has 112 valence electrons. The van der Waals surface area contributed by atoms with Gasteiger partial charge in [-0.3, -0.25) is 4.40 Å². The molecule has 0 saturated carbocycles. The highest BCUT2D eigenvalue weighted by molar-refractivity contribution is 6.30. The SMILES string of the molecule is Clc1cccc(-c2nc3ccccn3c2Nc2ccccc2)c1. The minimum absolute atomic E-state index is 0.699. The van der Waals surface area contributed by atoms with Gasteiger partial charge < -0.3 is 5.32 Å². The van der Waals surface area contributed by atoms with E-state index in [-0.39, 0.29) is 0 Å². The van der Waals surface area contributed by atoms with E-state index >= 15 is 0 Å². The van der Waals surface area contributed by atoms with Crippen molar-refractivity contribution in [1.29, 1.82) is 0 Å². The van der Waals surface area contributed by atoms with Crippen LogP contribution in [-0.4, -0.2) is 9.38 Å². The van der Waals surface area contributed by atoms with Gasteiger partial charge in [-0.05, 0) is 36.4 Å². The summed E-state index contributed by atoms with van der Waals surface area (Å²) in [6, 6.07) is 23.8. The molecule has 0 aliphatic rings. The highest BCUT2D eigenvalue weighted by atomic mass is 35.5. The number of hydrogen-bond acceptors (Lipinski definition) is 2. The summed E-state index contributed by atoms with van der Waals surface area (Å²) in [5, 5.41) is 4.17. The molecule has 2 aromatic carbocycles. The third kappa shape index (κ3) is 2.67. The van der Waals surface area contributed by atoms with Crippen LogP contribution in [0.15, 0.2) is 79.0 Å². The Balaban J connectivity index is 1.91. The summed E-state index contributed by atoms with van der Waals surface area (Å²) in [7, 11) is 0. The van der Waals surface area contributed by atoms with Crippen LogP contribution >= 0.6 is 11.6 Å². The van der Waals surface area contributed by atoms with Crippen LogP contribution in [0.5, 0.6) is 0 Å². The van der Waals surface area contributed by atoms with E-state index in [1.807, 2.05) is 83.4 Å². The molecule has 0 fully saturated rings. The van der Waals surface area contributed by atoms with Crippen molar-refractivity contribution in [3.8, 4) is 11.3 Å². The highest BCUT2D eigenvalue weighted by Crippen LogP contribution is 2.32. The molecule has 2 heterocycles. The molecule has 0 spiro atoms. The second-order valence-electron chi connectivity index (χ2n) is 5.24. The van der Waals surface area contributed by atoms with E-state index in [4.69, 9.17) is 16.6 Å². The summed E-state index contributed by atoms with van der Waals surface area (Å²) in [5.41, 5.74) is 3.77. The third-order valence-electron chi connectivity index (χ3n) is 3.66. The minimum atomic E-state index is 0.699. The van der Waals surface area contributed by atoms with E-state index in [2.05, 4.69) is 5.32 Å². The third-order valence-corrected chi connectivity index (χ3v) is 3.90. The molecule has 4 rings (SSSR count). The van der Waals surface area contributed by atoms with Gasteiger partial charge in [0.25, 0.3) is 0 Å². The van der Waals surface area contributed by atoms with Gasteiger partial charge in [0.1, 0.15) is 17.2 Å². The fraction of sp³-hybridized carbons (Fsp3) is 0. The second kappa shape index (κ2) is 5.78. The van der Waals surface area contributed by atoms with Gasteiger partial charge >= 0.3 is 0 Å². The standard InChI is InChI=1S/C19H14ClN3/c20-15-8-6-7-14(13-15)18-19(21-16-9-2-1-3-10-16)23-12-5-4-11-17(23)22-18/h1-13,21H. The Labute approximate surface area is 139 Å². The molecule has 1 N–H and O–H groups in total. The normalized spacial score (nSPS) is 10.8. The van der Waals surface area contributed by atoms with E-state index in [0.29, 0.717) is 5.02 Å². The predicted molar refractivity (Wildman–Crippen MR) is 95.4 cm³/mol. The van der Waals surface area contributed by atoms with Gasteiger partial charge in [-0.1, -0.05) is 48.0 Å². The lowest BCUT2D eigenvalue weighted by atomic mass is 10.1. The van der Waals surface area contributed by atoms with Crippen LogP contribution in [0.1, 0.15) is 0 Å². The number of hydrogen-bond donors (Lipinski definition) is 1. The highest BCUT2D eigenvalue weighted by Gasteiger charge is 2.14. The summed E-state index contributed by atoms with van der Waals surface area (Å²) >= 11 is 6.15. The number of nitrogens with one attached hydrogen (secondary N) is 1. The molecule has 0 bridgehead atoms. The second-order valence-corrected chi connectivity index (χ2v) is 5.68. The first kappa shape index (κ1) is 13.9. The number of pyridine rings is 1. The summed E-state index contributed by atoms with van der Waals surface area (Å²) in [6.45, 7) is 0. The molecule has 0 radical (unpaired) electrons. The van der Waals surface area contributed by atoms with Crippen LogP contribution in [0.4, 0.5) is 11.5 Å². The van der Waals surface area contributed by atoms with E-state index in [9.17, 15) is 0 Å². The van der Waals surface area contributed by atoms with Gasteiger partial charge in [-0.15, -0.1) is 0 Å². The molecule has 0 unspecified atom stereocenters. The van der Waals surface area contributed by atoms with Gasteiger partial charge in [-0.2, -0.15) is 0 Å². The maximum atomic E-state index is 6.15. The van der Waals surface area contributed by atoms with Crippen molar-refractivity contribution >= 4 is 28.8 Å². The Hall–Kier alpha value is -2.78. The Bertz CT molecular complexity index is 961. The van der Waals surface area contributed by atoms with Gasteiger partial charge in [0.05, 0.1) is 0 Å². The van der Waals surface area contributed by atoms with Crippen molar-refractivity contribution in [1.82, 2.24) is 9.38 Å². The van der Waals surface area contributed by atoms with E-state index < -0.39 is 0 Å². The Morgan fingerprint density at radius 2 is 1.70 bits per heavy atom. The summed E-state index contributed by atoms with van der Waals surface area (Å²) < 4.78 is 2.04. The Morgan fingerprint density at radius 1 is 0.870 bits per heavy atom. The quantitative estimate of drug-likeness (QED) is 0.548. The molecule has 0 amide bonds. The molecular weight excluding hydrogens is 306 g/mol. The lowest BCUT2D eigenvalue weighted by Gasteiger charge is -2.09. The molecule has 2 aromatic heterocycles. The number of benzene rings is 2. The van der Waals surface area contributed by atoms with Crippen LogP contribution in [0, 0.1) is 0 Å². The van der Waals surface area contributed by atoms with Gasteiger partial charge in [0.2, 0.25) is 0 Å². The van der Waals surface area contributed by atoms with Crippen LogP contribution in [-0.2, 0) is 0 Å². The zero-order chi connectivity index (χ0) is 15.6. The minimum Gasteiger partial charge on any atom is -0.339 e. The number of fused-ring (bicyclic) bond motifs is 1. The maximum absolute atomic E-state index is 6.15. The fourth-order valence-electron chi connectivity index (χ4n) is 2.61. The van der Waals surface area contributed by atoms with Gasteiger partial charge in [0.15, 0.2) is 0 Å². The van der Waals surface area contributed by atoms with Crippen molar-refractivity contribution in [2.75, 3.05) is 5.32 Å². The number of rotatable bonds is 3. The van der Waals surface area contributed by atoms with Crippen LogP contribution in [0.25, 0.3) is 16.9 Å². The topological polar surface area (TPSA) is 29.3 Å². The molecule has 23 heavy (non-hydrogen) atoms. The maximum Gasteiger partial charge on any atom is 0.143 e. The predicted octanol–water partition coefficient (Wildman–Crippen LogP) is 5.40. The largest absolute Gasteiger partial charge is 0.339 e. The van der Waals surface area contributed by atoms with Crippen molar-refractivity contribution < 1.29 is 0 Å². The summed E-state index contributed by atoms with van der Waals surface area (Å²) in [5.74, 6) is 0.925. The molecule has 3 nitrogen and oxygen atoms in total.